The molecule has 0 spiro atoms. The number of fused-ring (bicyclic) bond motifs is 1. The van der Waals surface area contributed by atoms with E-state index in [0.717, 1.165) is 0 Å². The first-order valence-electron chi connectivity index (χ1n) is 8.50. The van der Waals surface area contributed by atoms with Crippen molar-refractivity contribution in [3.8, 4) is 0 Å². The molecule has 3 heterocycles. The third-order valence-corrected chi connectivity index (χ3v) is 6.81. The van der Waals surface area contributed by atoms with Crippen molar-refractivity contribution in [2.45, 2.75) is 63.2 Å². The van der Waals surface area contributed by atoms with Crippen LogP contribution in [0.4, 0.5) is 0 Å². The molecular formula is C15H22ClN4O7P. The minimum absolute atomic E-state index is 0.00226. The molecule has 3 unspecified atom stereocenters. The molecule has 0 radical (unpaired) electrons. The van der Waals surface area contributed by atoms with Gasteiger partial charge in [0.2, 0.25) is 0 Å². The monoisotopic (exact) mass is 436 g/mol. The molecule has 0 saturated carbocycles. The molecule has 0 amide bonds. The first-order chi connectivity index (χ1) is 12.9. The van der Waals surface area contributed by atoms with Crippen molar-refractivity contribution >= 4 is 30.4 Å². The van der Waals surface area contributed by atoms with E-state index < -0.39 is 43.6 Å². The number of nitrogens with zero attached hydrogens (tertiary/aromatic N) is 4. The maximum atomic E-state index is 12.1. The third kappa shape index (κ3) is 3.94. The van der Waals surface area contributed by atoms with Crippen LogP contribution in [0.3, 0.4) is 0 Å². The zero-order valence-electron chi connectivity index (χ0n) is 15.4. The second-order valence-corrected chi connectivity index (χ2v) is 9.91. The molecule has 1 fully saturated rings. The standard InChI is InChI=1S/C15H22ClN4O7P/c1-7(27-28(24,25)15(2,3)23)4-8-10(21)11(22)14(26-8)20-6-19-9-12(16)17-5-18-13(9)20/h5-8,10-11,14,21-23H,4H2,1-3H3,(H,24,25)/t7?,8?,10-,11-,14-/m1/s1. The number of halogens is 1. The molecule has 1 aliphatic heterocycles. The molecule has 0 aliphatic carbocycles. The van der Waals surface area contributed by atoms with Gasteiger partial charge in [0, 0.05) is 6.42 Å². The zero-order chi connectivity index (χ0) is 20.9. The maximum Gasteiger partial charge on any atom is 0.359 e. The molecule has 6 atom stereocenters. The summed E-state index contributed by atoms with van der Waals surface area (Å²) in [4.78, 5) is 21.9. The van der Waals surface area contributed by atoms with Crippen molar-refractivity contribution in [2.75, 3.05) is 0 Å². The van der Waals surface area contributed by atoms with Crippen LogP contribution in [0.15, 0.2) is 12.7 Å². The van der Waals surface area contributed by atoms with Crippen LogP contribution in [0.25, 0.3) is 11.2 Å². The summed E-state index contributed by atoms with van der Waals surface area (Å²) in [6.45, 7) is 3.83. The lowest BCUT2D eigenvalue weighted by atomic mass is 10.1. The summed E-state index contributed by atoms with van der Waals surface area (Å²) < 4.78 is 24.4. The largest absolute Gasteiger partial charge is 0.388 e. The van der Waals surface area contributed by atoms with E-state index in [2.05, 4.69) is 15.0 Å². The van der Waals surface area contributed by atoms with E-state index >= 15 is 0 Å². The minimum Gasteiger partial charge on any atom is -0.388 e. The molecule has 2 aromatic heterocycles. The highest BCUT2D eigenvalue weighted by Gasteiger charge is 2.46. The lowest BCUT2D eigenvalue weighted by Crippen LogP contribution is -2.33. The van der Waals surface area contributed by atoms with Gasteiger partial charge in [-0.3, -0.25) is 9.13 Å². The number of aliphatic hydroxyl groups excluding tert-OH is 2. The Balaban J connectivity index is 1.75. The van der Waals surface area contributed by atoms with Gasteiger partial charge >= 0.3 is 7.60 Å². The maximum absolute atomic E-state index is 12.1. The molecular weight excluding hydrogens is 415 g/mol. The fraction of sp³-hybridized carbons (Fsp3) is 0.667. The molecule has 28 heavy (non-hydrogen) atoms. The van der Waals surface area contributed by atoms with Crippen molar-refractivity contribution in [1.29, 1.82) is 0 Å². The molecule has 2 aromatic rings. The number of aromatic nitrogens is 4. The topological polar surface area (TPSA) is 160 Å². The van der Waals surface area contributed by atoms with Crippen molar-refractivity contribution < 1.29 is 34.0 Å². The number of hydrogen-bond donors (Lipinski definition) is 4. The van der Waals surface area contributed by atoms with Gasteiger partial charge in [-0.25, -0.2) is 15.0 Å². The smallest absolute Gasteiger partial charge is 0.359 e. The van der Waals surface area contributed by atoms with E-state index in [9.17, 15) is 24.8 Å². The number of rotatable bonds is 6. The molecule has 1 saturated heterocycles. The lowest BCUT2D eigenvalue weighted by Gasteiger charge is -2.28. The van der Waals surface area contributed by atoms with Gasteiger partial charge in [-0.1, -0.05) is 11.6 Å². The molecule has 11 nitrogen and oxygen atoms in total. The Morgan fingerprint density at radius 3 is 2.68 bits per heavy atom. The highest BCUT2D eigenvalue weighted by atomic mass is 35.5. The van der Waals surface area contributed by atoms with E-state index in [-0.39, 0.29) is 11.6 Å². The molecule has 0 aromatic carbocycles. The number of aliphatic hydroxyl groups is 3. The molecule has 13 heteroatoms. The van der Waals surface area contributed by atoms with Crippen LogP contribution in [0.2, 0.25) is 5.15 Å². The number of imidazole rings is 1. The Hall–Kier alpha value is -1.17. The van der Waals surface area contributed by atoms with E-state index in [1.807, 2.05) is 0 Å². The highest BCUT2D eigenvalue weighted by molar-refractivity contribution is 7.54. The van der Waals surface area contributed by atoms with Crippen LogP contribution in [0.5, 0.6) is 0 Å². The summed E-state index contributed by atoms with van der Waals surface area (Å²) in [5.74, 6) is 0. The molecule has 1 aliphatic rings. The minimum atomic E-state index is -4.32. The summed E-state index contributed by atoms with van der Waals surface area (Å²) in [6.07, 6.45) is -2.73. The third-order valence-electron chi connectivity index (χ3n) is 4.50. The van der Waals surface area contributed by atoms with Gasteiger partial charge in [0.25, 0.3) is 0 Å². The molecule has 156 valence electrons. The Morgan fingerprint density at radius 2 is 2.04 bits per heavy atom. The van der Waals surface area contributed by atoms with E-state index in [1.54, 1.807) is 0 Å². The van der Waals surface area contributed by atoms with Crippen LogP contribution < -0.4 is 0 Å². The van der Waals surface area contributed by atoms with Crippen LogP contribution in [0.1, 0.15) is 33.4 Å². The van der Waals surface area contributed by atoms with Crippen LogP contribution in [0, 0.1) is 0 Å². The van der Waals surface area contributed by atoms with Crippen molar-refractivity contribution in [3.05, 3.63) is 17.8 Å². The predicted molar refractivity (Wildman–Crippen MR) is 97.5 cm³/mol. The summed E-state index contributed by atoms with van der Waals surface area (Å²) in [5, 5.41) is 28.7. The highest BCUT2D eigenvalue weighted by Crippen LogP contribution is 2.54. The van der Waals surface area contributed by atoms with Crippen molar-refractivity contribution in [1.82, 2.24) is 19.5 Å². The van der Waals surface area contributed by atoms with Gasteiger partial charge in [0.05, 0.1) is 18.5 Å². The van der Waals surface area contributed by atoms with Gasteiger partial charge in [-0.2, -0.15) is 0 Å². The number of ether oxygens (including phenoxy) is 1. The van der Waals surface area contributed by atoms with Gasteiger partial charge < -0.3 is 29.5 Å². The van der Waals surface area contributed by atoms with E-state index in [0.29, 0.717) is 11.2 Å². The van der Waals surface area contributed by atoms with Crippen LogP contribution in [-0.2, 0) is 13.8 Å². The summed E-state index contributed by atoms with van der Waals surface area (Å²) >= 11 is 5.97. The van der Waals surface area contributed by atoms with E-state index in [4.69, 9.17) is 20.9 Å². The Labute approximate surface area is 165 Å². The molecule has 4 N–H and O–H groups in total. The average molecular weight is 437 g/mol. The summed E-state index contributed by atoms with van der Waals surface area (Å²) in [7, 11) is -4.32. The average Bonchev–Trinajstić information content (AvgIpc) is 3.11. The molecule has 3 rings (SSSR count). The second kappa shape index (κ2) is 7.58. The van der Waals surface area contributed by atoms with Crippen molar-refractivity contribution in [2.24, 2.45) is 0 Å². The Morgan fingerprint density at radius 1 is 1.36 bits per heavy atom. The quantitative estimate of drug-likeness (QED) is 0.376. The fourth-order valence-electron chi connectivity index (χ4n) is 2.91. The first kappa shape index (κ1) is 21.5. The summed E-state index contributed by atoms with van der Waals surface area (Å²) in [6, 6.07) is 0. The Kier molecular flexibility index (Phi) is 5.83. The lowest BCUT2D eigenvalue weighted by molar-refractivity contribution is -0.0469. The molecule has 0 bridgehead atoms. The van der Waals surface area contributed by atoms with Gasteiger partial charge in [-0.05, 0) is 20.8 Å². The van der Waals surface area contributed by atoms with Gasteiger partial charge in [-0.15, -0.1) is 0 Å². The zero-order valence-corrected chi connectivity index (χ0v) is 17.0. The SMILES string of the molecule is CC(CC1O[C@@H](n2cnc3c(Cl)ncnc32)[C@H](O)[C@@H]1O)OP(=O)(O)C(C)(C)O. The van der Waals surface area contributed by atoms with Crippen LogP contribution in [-0.4, -0.2) is 69.5 Å². The fourth-order valence-corrected chi connectivity index (χ4v) is 3.92. The number of hydrogen-bond acceptors (Lipinski definition) is 9. The van der Waals surface area contributed by atoms with Gasteiger partial charge in [0.1, 0.15) is 24.1 Å². The normalized spacial score (nSPS) is 29.1. The first-order valence-corrected chi connectivity index (χ1v) is 10.5. The van der Waals surface area contributed by atoms with Crippen LogP contribution >= 0.6 is 19.2 Å². The summed E-state index contributed by atoms with van der Waals surface area (Å²) in [5.41, 5.74) is 0.643. The van der Waals surface area contributed by atoms with Gasteiger partial charge in [0.15, 0.2) is 22.4 Å². The Bertz CT molecular complexity index is 904. The second-order valence-electron chi connectivity index (χ2n) is 7.20. The predicted octanol–water partition coefficient (Wildman–Crippen LogP) is 0.808. The van der Waals surface area contributed by atoms with E-state index in [1.165, 1.54) is 38.0 Å². The van der Waals surface area contributed by atoms with Crippen molar-refractivity contribution in [3.63, 3.8) is 0 Å².